The van der Waals surface area contributed by atoms with E-state index < -0.39 is 5.63 Å². The molecule has 1 amide bonds. The lowest BCUT2D eigenvalue weighted by Crippen LogP contribution is -2.17. The predicted molar refractivity (Wildman–Crippen MR) is 113 cm³/mol. The second-order valence-electron chi connectivity index (χ2n) is 6.73. The fraction of sp³-hybridized carbons (Fsp3) is 0.273. The topological polar surface area (TPSA) is 77.8 Å². The van der Waals surface area contributed by atoms with Crippen molar-refractivity contribution in [2.45, 2.75) is 26.7 Å². The van der Waals surface area contributed by atoms with Crippen LogP contribution >= 0.6 is 11.6 Å². The summed E-state index contributed by atoms with van der Waals surface area (Å²) in [6.07, 6.45) is 0.367. The molecule has 0 atom stereocenters. The molecule has 3 aromatic rings. The van der Waals surface area contributed by atoms with Crippen LogP contribution in [0.1, 0.15) is 23.1 Å². The molecule has 3 rings (SSSR count). The van der Waals surface area contributed by atoms with Gasteiger partial charge in [0.2, 0.25) is 5.91 Å². The van der Waals surface area contributed by atoms with E-state index in [9.17, 15) is 9.59 Å². The molecule has 2 aromatic carbocycles. The largest absolute Gasteiger partial charge is 0.495 e. The van der Waals surface area contributed by atoms with E-state index in [1.165, 1.54) is 14.2 Å². The van der Waals surface area contributed by atoms with Gasteiger partial charge in [0.1, 0.15) is 17.1 Å². The molecule has 1 heterocycles. The number of hydrogen-bond donors (Lipinski definition) is 1. The monoisotopic (exact) mass is 415 g/mol. The number of hydrogen-bond acceptors (Lipinski definition) is 5. The number of amides is 1. The van der Waals surface area contributed by atoms with Gasteiger partial charge in [0.25, 0.3) is 0 Å². The van der Waals surface area contributed by atoms with Crippen molar-refractivity contribution in [1.82, 2.24) is 0 Å². The molecule has 0 unspecified atom stereocenters. The lowest BCUT2D eigenvalue weighted by Gasteiger charge is -2.13. The molecule has 29 heavy (non-hydrogen) atoms. The molecule has 0 saturated heterocycles. The Balaban J connectivity index is 1.79. The maximum atomic E-state index is 12.5. The fourth-order valence-corrected chi connectivity index (χ4v) is 3.44. The van der Waals surface area contributed by atoms with Gasteiger partial charge in [-0.2, -0.15) is 0 Å². The van der Waals surface area contributed by atoms with Crippen molar-refractivity contribution in [1.29, 1.82) is 0 Å². The third kappa shape index (κ3) is 4.38. The van der Waals surface area contributed by atoms with Gasteiger partial charge in [-0.3, -0.25) is 4.79 Å². The van der Waals surface area contributed by atoms with E-state index in [0.717, 1.165) is 16.5 Å². The highest BCUT2D eigenvalue weighted by molar-refractivity contribution is 6.32. The van der Waals surface area contributed by atoms with Gasteiger partial charge < -0.3 is 19.2 Å². The lowest BCUT2D eigenvalue weighted by atomic mass is 10.0. The molecule has 7 heteroatoms. The number of benzene rings is 2. The number of halogens is 1. The SMILES string of the molecule is COc1cc(OC)c(NC(=O)CCc2c(C)c3ccc(C)cc3oc2=O)cc1Cl. The number of aryl methyl sites for hydroxylation is 2. The highest BCUT2D eigenvalue weighted by atomic mass is 35.5. The highest BCUT2D eigenvalue weighted by Crippen LogP contribution is 2.36. The number of ether oxygens (including phenoxy) is 2. The first-order chi connectivity index (χ1) is 13.8. The smallest absolute Gasteiger partial charge is 0.339 e. The van der Waals surface area contributed by atoms with Crippen molar-refractivity contribution in [3.63, 3.8) is 0 Å². The van der Waals surface area contributed by atoms with Crippen molar-refractivity contribution in [2.75, 3.05) is 19.5 Å². The van der Waals surface area contributed by atoms with E-state index in [1.807, 2.05) is 32.0 Å². The molecule has 0 aliphatic rings. The molecular formula is C22H22ClNO5. The maximum absolute atomic E-state index is 12.5. The van der Waals surface area contributed by atoms with Crippen LogP contribution in [0.2, 0.25) is 5.02 Å². The number of carbonyl (C=O) groups is 1. The number of fused-ring (bicyclic) bond motifs is 1. The van der Waals surface area contributed by atoms with Crippen molar-refractivity contribution < 1.29 is 18.7 Å². The summed E-state index contributed by atoms with van der Waals surface area (Å²) in [4.78, 5) is 24.9. The third-order valence-corrected chi connectivity index (χ3v) is 5.09. The quantitative estimate of drug-likeness (QED) is 0.593. The standard InChI is InChI=1S/C22H22ClNO5/c1-12-5-6-14-13(2)15(22(26)29-18(14)9-12)7-8-21(25)24-17-10-16(23)19(27-3)11-20(17)28-4/h5-6,9-11H,7-8H2,1-4H3,(H,24,25). The van der Waals surface area contributed by atoms with Crippen LogP contribution in [0, 0.1) is 13.8 Å². The molecule has 0 aliphatic carbocycles. The first-order valence-electron chi connectivity index (χ1n) is 9.08. The molecule has 1 aromatic heterocycles. The minimum atomic E-state index is -0.418. The Hall–Kier alpha value is -2.99. The predicted octanol–water partition coefficient (Wildman–Crippen LogP) is 4.65. The van der Waals surface area contributed by atoms with Gasteiger partial charge >= 0.3 is 5.63 Å². The van der Waals surface area contributed by atoms with Crippen LogP contribution < -0.4 is 20.4 Å². The molecule has 0 fully saturated rings. The van der Waals surface area contributed by atoms with Gasteiger partial charge in [0.05, 0.1) is 24.9 Å². The summed E-state index contributed by atoms with van der Waals surface area (Å²) in [6, 6.07) is 8.89. The molecule has 152 valence electrons. The molecule has 0 saturated carbocycles. The van der Waals surface area contributed by atoms with Crippen molar-refractivity contribution in [3.8, 4) is 11.5 Å². The van der Waals surface area contributed by atoms with E-state index in [-0.39, 0.29) is 18.7 Å². The molecule has 0 radical (unpaired) electrons. The van der Waals surface area contributed by atoms with Crippen LogP contribution in [0.3, 0.4) is 0 Å². The Morgan fingerprint density at radius 1 is 1.10 bits per heavy atom. The molecule has 6 nitrogen and oxygen atoms in total. The summed E-state index contributed by atoms with van der Waals surface area (Å²) in [5.74, 6) is 0.602. The minimum Gasteiger partial charge on any atom is -0.495 e. The summed E-state index contributed by atoms with van der Waals surface area (Å²) in [5, 5.41) is 3.99. The Bertz CT molecular complexity index is 1140. The summed E-state index contributed by atoms with van der Waals surface area (Å²) in [6.45, 7) is 3.81. The van der Waals surface area contributed by atoms with Crippen molar-refractivity contribution in [2.24, 2.45) is 0 Å². The Labute approximate surface area is 173 Å². The fourth-order valence-electron chi connectivity index (χ4n) is 3.20. The molecule has 0 aliphatic heterocycles. The summed E-state index contributed by atoms with van der Waals surface area (Å²) >= 11 is 6.14. The van der Waals surface area contributed by atoms with Crippen molar-refractivity contribution in [3.05, 3.63) is 62.5 Å². The number of methoxy groups -OCH3 is 2. The normalized spacial score (nSPS) is 10.8. The Kier molecular flexibility index (Phi) is 6.13. The average Bonchev–Trinajstić information content (AvgIpc) is 2.67. The second kappa shape index (κ2) is 8.57. The van der Waals surface area contributed by atoms with Crippen LogP contribution in [0.4, 0.5) is 5.69 Å². The molecule has 0 spiro atoms. The van der Waals surface area contributed by atoms with E-state index in [1.54, 1.807) is 12.1 Å². The zero-order valence-corrected chi connectivity index (χ0v) is 17.5. The van der Waals surface area contributed by atoms with E-state index in [0.29, 0.717) is 33.4 Å². The minimum absolute atomic E-state index is 0.107. The number of rotatable bonds is 6. The lowest BCUT2D eigenvalue weighted by molar-refractivity contribution is -0.116. The molecular weight excluding hydrogens is 394 g/mol. The Morgan fingerprint density at radius 2 is 1.83 bits per heavy atom. The van der Waals surface area contributed by atoms with Gasteiger partial charge in [-0.05, 0) is 43.5 Å². The number of carbonyl (C=O) groups excluding carboxylic acids is 1. The summed E-state index contributed by atoms with van der Waals surface area (Å²) in [5.41, 5.74) is 2.91. The van der Waals surface area contributed by atoms with E-state index >= 15 is 0 Å². The average molecular weight is 416 g/mol. The number of nitrogens with one attached hydrogen (secondary N) is 1. The summed E-state index contributed by atoms with van der Waals surface area (Å²) in [7, 11) is 2.99. The van der Waals surface area contributed by atoms with E-state index in [2.05, 4.69) is 5.32 Å². The zero-order valence-electron chi connectivity index (χ0n) is 16.7. The first kappa shape index (κ1) is 20.7. The Morgan fingerprint density at radius 3 is 2.52 bits per heavy atom. The van der Waals surface area contributed by atoms with Gasteiger partial charge in [0, 0.05) is 23.4 Å². The van der Waals surface area contributed by atoms with Crippen LogP contribution in [0.15, 0.2) is 39.5 Å². The van der Waals surface area contributed by atoms with E-state index in [4.69, 9.17) is 25.5 Å². The second-order valence-corrected chi connectivity index (χ2v) is 7.14. The van der Waals surface area contributed by atoms with Crippen molar-refractivity contribution >= 4 is 34.2 Å². The first-order valence-corrected chi connectivity index (χ1v) is 9.46. The van der Waals surface area contributed by atoms with Gasteiger partial charge in [-0.1, -0.05) is 23.7 Å². The van der Waals surface area contributed by atoms with Gasteiger partial charge in [-0.25, -0.2) is 4.79 Å². The van der Waals surface area contributed by atoms with Crippen LogP contribution in [-0.2, 0) is 11.2 Å². The van der Waals surface area contributed by atoms with Crippen LogP contribution in [0.25, 0.3) is 11.0 Å². The van der Waals surface area contributed by atoms with Gasteiger partial charge in [0.15, 0.2) is 0 Å². The molecule has 1 N–H and O–H groups in total. The van der Waals surface area contributed by atoms with Gasteiger partial charge in [-0.15, -0.1) is 0 Å². The van der Waals surface area contributed by atoms with Crippen LogP contribution in [-0.4, -0.2) is 20.1 Å². The van der Waals surface area contributed by atoms with Crippen LogP contribution in [0.5, 0.6) is 11.5 Å². The third-order valence-electron chi connectivity index (χ3n) is 4.79. The maximum Gasteiger partial charge on any atom is 0.339 e. The zero-order chi connectivity index (χ0) is 21.1. The highest BCUT2D eigenvalue weighted by Gasteiger charge is 2.16. The summed E-state index contributed by atoms with van der Waals surface area (Å²) < 4.78 is 15.9. The number of anilines is 1. The molecule has 0 bridgehead atoms.